The second-order valence-corrected chi connectivity index (χ2v) is 5.15. The molecule has 0 aromatic heterocycles. The van der Waals surface area contributed by atoms with Crippen LogP contribution in [0.1, 0.15) is 26.3 Å². The van der Waals surface area contributed by atoms with Crippen LogP contribution in [0.15, 0.2) is 24.3 Å². The quantitative estimate of drug-likeness (QED) is 0.844. The van der Waals surface area contributed by atoms with Gasteiger partial charge in [0.15, 0.2) is 0 Å². The van der Waals surface area contributed by atoms with Crippen LogP contribution in [-0.2, 0) is 6.42 Å². The van der Waals surface area contributed by atoms with Crippen LogP contribution in [0.25, 0.3) is 0 Å². The number of rotatable bonds is 3. The molecule has 0 fully saturated rings. The number of β-amino-alcohol motifs (C(OH)–C–C–N with tert-alkyl or cyclic N) is 1. The van der Waals surface area contributed by atoms with Gasteiger partial charge in [-0.15, -0.1) is 0 Å². The number of fused-ring (bicyclic) bond motifs is 1. The Hall–Kier alpha value is -1.02. The molecule has 0 saturated carbocycles. The average molecular weight is 219 g/mol. The highest BCUT2D eigenvalue weighted by Gasteiger charge is 2.27. The SMILES string of the molecule is CC(C)C(O)CN1c2ccccc2CC1C. The normalized spacial score (nSPS) is 21.3. The molecule has 1 aliphatic heterocycles. The lowest BCUT2D eigenvalue weighted by atomic mass is 10.1. The third kappa shape index (κ3) is 2.07. The smallest absolute Gasteiger partial charge is 0.0738 e. The summed E-state index contributed by atoms with van der Waals surface area (Å²) in [5.41, 5.74) is 2.71. The predicted molar refractivity (Wildman–Crippen MR) is 67.8 cm³/mol. The van der Waals surface area contributed by atoms with Gasteiger partial charge in [0.25, 0.3) is 0 Å². The Kier molecular flexibility index (Phi) is 3.20. The fourth-order valence-corrected chi connectivity index (χ4v) is 2.32. The highest BCUT2D eigenvalue weighted by molar-refractivity contribution is 5.59. The summed E-state index contributed by atoms with van der Waals surface area (Å²) in [6.45, 7) is 7.11. The topological polar surface area (TPSA) is 23.5 Å². The summed E-state index contributed by atoms with van der Waals surface area (Å²) < 4.78 is 0. The van der Waals surface area contributed by atoms with Gasteiger partial charge in [0.2, 0.25) is 0 Å². The van der Waals surface area contributed by atoms with Crippen LogP contribution >= 0.6 is 0 Å². The first-order valence-electron chi connectivity index (χ1n) is 6.12. The average Bonchev–Trinajstić information content (AvgIpc) is 2.55. The van der Waals surface area contributed by atoms with Gasteiger partial charge in [-0.1, -0.05) is 32.0 Å². The summed E-state index contributed by atoms with van der Waals surface area (Å²) in [6, 6.07) is 9.02. The van der Waals surface area contributed by atoms with E-state index in [4.69, 9.17) is 0 Å². The third-order valence-electron chi connectivity index (χ3n) is 3.50. The Morgan fingerprint density at radius 1 is 1.38 bits per heavy atom. The van der Waals surface area contributed by atoms with Gasteiger partial charge in [0, 0.05) is 18.3 Å². The van der Waals surface area contributed by atoms with Crippen molar-refractivity contribution in [2.24, 2.45) is 5.92 Å². The highest BCUT2D eigenvalue weighted by Crippen LogP contribution is 2.32. The number of aliphatic hydroxyl groups is 1. The Morgan fingerprint density at radius 3 is 2.75 bits per heavy atom. The molecule has 0 amide bonds. The van der Waals surface area contributed by atoms with E-state index in [2.05, 4.69) is 49.9 Å². The number of nitrogens with zero attached hydrogens (tertiary/aromatic N) is 1. The first-order valence-corrected chi connectivity index (χ1v) is 6.12. The first kappa shape index (κ1) is 11.5. The number of anilines is 1. The van der Waals surface area contributed by atoms with E-state index >= 15 is 0 Å². The van der Waals surface area contributed by atoms with Crippen LogP contribution in [0.2, 0.25) is 0 Å². The van der Waals surface area contributed by atoms with Crippen molar-refractivity contribution in [1.82, 2.24) is 0 Å². The van der Waals surface area contributed by atoms with Gasteiger partial charge in [-0.3, -0.25) is 0 Å². The minimum atomic E-state index is -0.242. The van der Waals surface area contributed by atoms with Gasteiger partial charge in [-0.2, -0.15) is 0 Å². The summed E-state index contributed by atoms with van der Waals surface area (Å²) in [6.07, 6.45) is 0.856. The third-order valence-corrected chi connectivity index (χ3v) is 3.50. The van der Waals surface area contributed by atoms with Crippen molar-refractivity contribution in [1.29, 1.82) is 0 Å². The zero-order chi connectivity index (χ0) is 11.7. The molecule has 0 saturated heterocycles. The Morgan fingerprint density at radius 2 is 2.06 bits per heavy atom. The number of hydrogen-bond acceptors (Lipinski definition) is 2. The van der Waals surface area contributed by atoms with Gasteiger partial charge in [0.05, 0.1) is 6.10 Å². The molecule has 16 heavy (non-hydrogen) atoms. The van der Waals surface area contributed by atoms with E-state index in [0.29, 0.717) is 12.0 Å². The summed E-state index contributed by atoms with van der Waals surface area (Å²) in [4.78, 5) is 2.33. The molecule has 1 aromatic rings. The van der Waals surface area contributed by atoms with Gasteiger partial charge >= 0.3 is 0 Å². The molecule has 88 valence electrons. The molecule has 2 rings (SSSR count). The fraction of sp³-hybridized carbons (Fsp3) is 0.571. The Labute approximate surface area is 97.9 Å². The van der Waals surface area contributed by atoms with Gasteiger partial charge in [-0.05, 0) is 30.9 Å². The van der Waals surface area contributed by atoms with Crippen LogP contribution < -0.4 is 4.90 Å². The lowest BCUT2D eigenvalue weighted by Crippen LogP contribution is -2.38. The molecular formula is C14H21NO. The summed E-state index contributed by atoms with van der Waals surface area (Å²) in [5.74, 6) is 0.319. The predicted octanol–water partition coefficient (Wildman–Crippen LogP) is 2.45. The summed E-state index contributed by atoms with van der Waals surface area (Å²) in [7, 11) is 0. The van der Waals surface area contributed by atoms with Crippen LogP contribution in [0.5, 0.6) is 0 Å². The number of hydrogen-bond donors (Lipinski definition) is 1. The molecule has 0 bridgehead atoms. The summed E-state index contributed by atoms with van der Waals surface area (Å²) >= 11 is 0. The molecule has 1 N–H and O–H groups in total. The van der Waals surface area contributed by atoms with E-state index in [1.807, 2.05) is 0 Å². The van der Waals surface area contributed by atoms with Crippen LogP contribution in [0.3, 0.4) is 0 Å². The van der Waals surface area contributed by atoms with E-state index in [1.54, 1.807) is 0 Å². The number of aliphatic hydroxyl groups excluding tert-OH is 1. The van der Waals surface area contributed by atoms with Crippen molar-refractivity contribution in [2.45, 2.75) is 39.3 Å². The van der Waals surface area contributed by atoms with Gasteiger partial charge in [-0.25, -0.2) is 0 Å². The van der Waals surface area contributed by atoms with Crippen LogP contribution in [0.4, 0.5) is 5.69 Å². The monoisotopic (exact) mass is 219 g/mol. The van der Waals surface area contributed by atoms with E-state index in [9.17, 15) is 5.11 Å². The molecule has 2 heteroatoms. The first-order chi connectivity index (χ1) is 7.59. The number of para-hydroxylation sites is 1. The van der Waals surface area contributed by atoms with Crippen molar-refractivity contribution in [3.8, 4) is 0 Å². The lowest BCUT2D eigenvalue weighted by Gasteiger charge is -2.29. The maximum absolute atomic E-state index is 9.99. The molecule has 1 aromatic carbocycles. The molecular weight excluding hydrogens is 198 g/mol. The minimum Gasteiger partial charge on any atom is -0.391 e. The van der Waals surface area contributed by atoms with Crippen LogP contribution in [-0.4, -0.2) is 23.8 Å². The zero-order valence-corrected chi connectivity index (χ0v) is 10.4. The standard InChI is InChI=1S/C14H21NO/c1-10(2)14(16)9-15-11(3)8-12-6-4-5-7-13(12)15/h4-7,10-11,14,16H,8-9H2,1-3H3. The molecule has 2 nitrogen and oxygen atoms in total. The van der Waals surface area contributed by atoms with E-state index in [-0.39, 0.29) is 6.10 Å². The van der Waals surface area contributed by atoms with Crippen molar-refractivity contribution in [3.05, 3.63) is 29.8 Å². The minimum absolute atomic E-state index is 0.242. The molecule has 2 atom stereocenters. The molecule has 0 spiro atoms. The van der Waals surface area contributed by atoms with Crippen molar-refractivity contribution >= 4 is 5.69 Å². The summed E-state index contributed by atoms with van der Waals surface area (Å²) in [5, 5.41) is 9.99. The maximum atomic E-state index is 9.99. The largest absolute Gasteiger partial charge is 0.391 e. The van der Waals surface area contributed by atoms with Gasteiger partial charge in [0.1, 0.15) is 0 Å². The second-order valence-electron chi connectivity index (χ2n) is 5.15. The number of benzene rings is 1. The molecule has 1 heterocycles. The Bertz CT molecular complexity index is 362. The van der Waals surface area contributed by atoms with E-state index in [1.165, 1.54) is 11.3 Å². The highest BCUT2D eigenvalue weighted by atomic mass is 16.3. The van der Waals surface area contributed by atoms with Crippen molar-refractivity contribution in [2.75, 3.05) is 11.4 Å². The fourth-order valence-electron chi connectivity index (χ4n) is 2.32. The molecule has 2 unspecified atom stereocenters. The zero-order valence-electron chi connectivity index (χ0n) is 10.4. The van der Waals surface area contributed by atoms with Crippen LogP contribution in [0, 0.1) is 5.92 Å². The van der Waals surface area contributed by atoms with E-state index < -0.39 is 0 Å². The second kappa shape index (κ2) is 4.46. The van der Waals surface area contributed by atoms with Gasteiger partial charge < -0.3 is 10.0 Å². The Balaban J connectivity index is 2.16. The van der Waals surface area contributed by atoms with Crippen molar-refractivity contribution < 1.29 is 5.11 Å². The molecule has 1 aliphatic rings. The van der Waals surface area contributed by atoms with Crippen molar-refractivity contribution in [3.63, 3.8) is 0 Å². The molecule has 0 radical (unpaired) electrons. The maximum Gasteiger partial charge on any atom is 0.0738 e. The molecule has 0 aliphatic carbocycles. The van der Waals surface area contributed by atoms with E-state index in [0.717, 1.165) is 13.0 Å². The lowest BCUT2D eigenvalue weighted by molar-refractivity contribution is 0.129.